The minimum atomic E-state index is -3.84. The fourth-order valence-electron chi connectivity index (χ4n) is 1.55. The van der Waals surface area contributed by atoms with E-state index in [9.17, 15) is 13.2 Å². The first-order chi connectivity index (χ1) is 10.0. The van der Waals surface area contributed by atoms with Crippen molar-refractivity contribution in [1.82, 2.24) is 0 Å². The molecule has 2 rings (SSSR count). The number of hydrogen-bond acceptors (Lipinski definition) is 5. The molecule has 0 aromatic heterocycles. The van der Waals surface area contributed by atoms with Crippen molar-refractivity contribution in [2.75, 3.05) is 0 Å². The van der Waals surface area contributed by atoms with Crippen LogP contribution in [0.4, 0.5) is 11.4 Å². The van der Waals surface area contributed by atoms with Crippen LogP contribution in [0.15, 0.2) is 64.8 Å². The molecule has 5 nitrogen and oxygen atoms in total. The predicted molar refractivity (Wildman–Crippen MR) is 80.3 cm³/mol. The third-order valence-electron chi connectivity index (χ3n) is 2.71. The van der Waals surface area contributed by atoms with Crippen molar-refractivity contribution >= 4 is 26.3 Å². The molecule has 0 aliphatic rings. The second kappa shape index (κ2) is 6.41. The Kier molecular flexibility index (Phi) is 4.59. The zero-order valence-corrected chi connectivity index (χ0v) is 12.1. The molecule has 0 atom stereocenters. The van der Waals surface area contributed by atoms with Crippen LogP contribution < -0.4 is 0 Å². The van der Waals surface area contributed by atoms with Crippen molar-refractivity contribution in [2.45, 2.75) is 6.92 Å². The Labute approximate surface area is 123 Å². The van der Waals surface area contributed by atoms with Gasteiger partial charge in [0.2, 0.25) is 9.84 Å². The van der Waals surface area contributed by atoms with Gasteiger partial charge in [-0.15, -0.1) is 0 Å². The highest BCUT2D eigenvalue weighted by molar-refractivity contribution is 8.08. The van der Waals surface area contributed by atoms with Crippen LogP contribution in [-0.2, 0) is 9.84 Å². The highest BCUT2D eigenvalue weighted by Gasteiger charge is 2.21. The average molecular weight is 301 g/mol. The van der Waals surface area contributed by atoms with E-state index in [0.29, 0.717) is 11.4 Å². The van der Waals surface area contributed by atoms with Crippen LogP contribution in [0.1, 0.15) is 17.3 Å². The first-order valence-corrected chi connectivity index (χ1v) is 7.73. The summed E-state index contributed by atoms with van der Waals surface area (Å²) < 4.78 is 22.9. The predicted octanol–water partition coefficient (Wildman–Crippen LogP) is 3.84. The van der Waals surface area contributed by atoms with Crippen LogP contribution in [0, 0.1) is 5.75 Å². The van der Waals surface area contributed by atoms with Crippen molar-refractivity contribution in [1.29, 1.82) is 0 Å². The number of sulfone groups is 1. The van der Waals surface area contributed by atoms with Crippen LogP contribution in [0.3, 0.4) is 0 Å². The van der Waals surface area contributed by atoms with Crippen LogP contribution in [0.25, 0.3) is 0 Å². The van der Waals surface area contributed by atoms with E-state index in [1.807, 2.05) is 30.3 Å². The first-order valence-electron chi connectivity index (χ1n) is 6.18. The second-order valence-electron chi connectivity index (χ2n) is 4.15. The molecular weight excluding hydrogens is 288 g/mol. The Morgan fingerprint density at radius 3 is 1.95 bits per heavy atom. The minimum absolute atomic E-state index is 0.103. The maximum atomic E-state index is 11.7. The fourth-order valence-corrected chi connectivity index (χ4v) is 2.22. The van der Waals surface area contributed by atoms with Gasteiger partial charge in [0.05, 0.1) is 17.1 Å². The van der Waals surface area contributed by atoms with Gasteiger partial charge in [0.15, 0.2) is 0 Å². The summed E-state index contributed by atoms with van der Waals surface area (Å²) in [5.41, 5.74) is 1.35. The zero-order valence-electron chi connectivity index (χ0n) is 11.3. The zero-order chi connectivity index (χ0) is 15.3. The molecule has 0 spiro atoms. The lowest BCUT2D eigenvalue weighted by Gasteiger charge is -2.00. The van der Waals surface area contributed by atoms with Crippen LogP contribution in [0.5, 0.6) is 0 Å². The Morgan fingerprint density at radius 2 is 1.43 bits per heavy atom. The Bertz CT molecular complexity index is 751. The Hall–Kier alpha value is -2.34. The number of rotatable bonds is 4. The van der Waals surface area contributed by atoms with Gasteiger partial charge in [0.1, 0.15) is 0 Å². The Balaban J connectivity index is 2.17. The summed E-state index contributed by atoms with van der Waals surface area (Å²) in [4.78, 5) is 11.7. The van der Waals surface area contributed by atoms with Crippen LogP contribution >= 0.6 is 0 Å². The van der Waals surface area contributed by atoms with Crippen LogP contribution in [0.2, 0.25) is 0 Å². The first kappa shape index (κ1) is 15.1. The molecule has 0 amide bonds. The molecule has 0 bridgehead atoms. The summed E-state index contributed by atoms with van der Waals surface area (Å²) in [6.07, 6.45) is 0. The Morgan fingerprint density at radius 1 is 0.905 bits per heavy atom. The number of nitrogens with zero attached hydrogens (tertiary/aromatic N) is 2. The van der Waals surface area contributed by atoms with Crippen molar-refractivity contribution < 1.29 is 13.2 Å². The number of carbonyl (C=O) groups is 1. The molecule has 0 fully saturated rings. The van der Waals surface area contributed by atoms with Gasteiger partial charge in [0.25, 0.3) is 5.12 Å². The molecule has 21 heavy (non-hydrogen) atoms. The van der Waals surface area contributed by atoms with E-state index >= 15 is 0 Å². The maximum absolute atomic E-state index is 11.7. The van der Waals surface area contributed by atoms with E-state index in [4.69, 9.17) is 0 Å². The topological polar surface area (TPSA) is 75.9 Å². The van der Waals surface area contributed by atoms with E-state index in [1.165, 1.54) is 19.1 Å². The van der Waals surface area contributed by atoms with Gasteiger partial charge in [0, 0.05) is 5.56 Å². The molecular formula is C15H13N2O3S. The highest BCUT2D eigenvalue weighted by atomic mass is 32.2. The number of hydrogen-bond donors (Lipinski definition) is 0. The number of azo groups is 1. The van der Waals surface area contributed by atoms with E-state index in [0.717, 1.165) is 5.75 Å². The molecule has 0 aliphatic heterocycles. The fraction of sp³-hybridized carbons (Fsp3) is 0.0667. The molecule has 6 heteroatoms. The van der Waals surface area contributed by atoms with E-state index < -0.39 is 15.0 Å². The molecule has 107 valence electrons. The molecule has 0 aliphatic carbocycles. The molecule has 0 saturated heterocycles. The van der Waals surface area contributed by atoms with Gasteiger partial charge in [-0.2, -0.15) is 10.2 Å². The summed E-state index contributed by atoms with van der Waals surface area (Å²) >= 11 is 0. The van der Waals surface area contributed by atoms with Gasteiger partial charge in [-0.05, 0) is 43.3 Å². The normalized spacial score (nSPS) is 11.7. The van der Waals surface area contributed by atoms with E-state index in [2.05, 4.69) is 10.2 Å². The van der Waals surface area contributed by atoms with Crippen molar-refractivity contribution in [3.63, 3.8) is 0 Å². The average Bonchev–Trinajstić information content (AvgIpc) is 2.53. The summed E-state index contributed by atoms with van der Waals surface area (Å²) in [5, 5.41) is 7.13. The molecule has 2 aromatic rings. The molecule has 1 radical (unpaired) electrons. The highest BCUT2D eigenvalue weighted by Crippen LogP contribution is 2.19. The lowest BCUT2D eigenvalue weighted by Crippen LogP contribution is -2.13. The van der Waals surface area contributed by atoms with Crippen LogP contribution in [-0.4, -0.2) is 13.5 Å². The molecule has 0 unspecified atom stereocenters. The standard InChI is InChI=1S/C15H13N2O3S/c1-2-21(19,20)15(18)12-8-10-14(11-9-12)17-16-13-6-4-3-5-7-13/h2-11H,1H3/b17-16+. The lowest BCUT2D eigenvalue weighted by molar-refractivity contribution is 0.107. The SMILES string of the molecule is C[CH]S(=O)(=O)C(=O)c1ccc(/N=N/c2ccccc2)cc1. The lowest BCUT2D eigenvalue weighted by atomic mass is 10.2. The second-order valence-corrected chi connectivity index (χ2v) is 6.08. The molecule has 0 N–H and O–H groups in total. The smallest absolute Gasteiger partial charge is 0.276 e. The number of benzene rings is 2. The summed E-state index contributed by atoms with van der Waals surface area (Å²) in [6.45, 7) is 1.32. The number of carbonyl (C=O) groups excluding carboxylic acids is 1. The van der Waals surface area contributed by atoms with Crippen molar-refractivity contribution in [3.05, 3.63) is 65.9 Å². The summed E-state index contributed by atoms with van der Waals surface area (Å²) in [5.74, 6) is 0.887. The van der Waals surface area contributed by atoms with E-state index in [-0.39, 0.29) is 5.56 Å². The minimum Gasteiger partial charge on any atom is -0.276 e. The van der Waals surface area contributed by atoms with Gasteiger partial charge in [-0.1, -0.05) is 18.2 Å². The van der Waals surface area contributed by atoms with E-state index in [1.54, 1.807) is 12.1 Å². The summed E-state index contributed by atoms with van der Waals surface area (Å²) in [7, 11) is -3.84. The molecule has 0 saturated carbocycles. The third kappa shape index (κ3) is 3.82. The third-order valence-corrected chi connectivity index (χ3v) is 4.08. The van der Waals surface area contributed by atoms with Crippen molar-refractivity contribution in [3.8, 4) is 0 Å². The summed E-state index contributed by atoms with van der Waals surface area (Å²) in [6, 6.07) is 15.1. The molecule has 2 aromatic carbocycles. The largest absolute Gasteiger partial charge is 0.276 e. The van der Waals surface area contributed by atoms with Gasteiger partial charge in [-0.3, -0.25) is 4.79 Å². The van der Waals surface area contributed by atoms with Gasteiger partial charge >= 0.3 is 0 Å². The molecule has 0 heterocycles. The quantitative estimate of drug-likeness (QED) is 0.805. The van der Waals surface area contributed by atoms with Crippen molar-refractivity contribution in [2.24, 2.45) is 10.2 Å². The monoisotopic (exact) mass is 301 g/mol. The van der Waals surface area contributed by atoms with Gasteiger partial charge in [-0.25, -0.2) is 8.42 Å². The van der Waals surface area contributed by atoms with Gasteiger partial charge < -0.3 is 0 Å². The maximum Gasteiger partial charge on any atom is 0.276 e.